The summed E-state index contributed by atoms with van der Waals surface area (Å²) in [5.41, 5.74) is 0. The highest BCUT2D eigenvalue weighted by molar-refractivity contribution is 5.70. The second-order valence-electron chi connectivity index (χ2n) is 5.24. The van der Waals surface area contributed by atoms with Gasteiger partial charge in [-0.2, -0.15) is 4.98 Å². The summed E-state index contributed by atoms with van der Waals surface area (Å²) in [5.74, 6) is 0.944. The van der Waals surface area contributed by atoms with Crippen LogP contribution in [0.5, 0.6) is 0 Å². The quantitative estimate of drug-likeness (QED) is 0.867. The molecule has 98 valence electrons. The van der Waals surface area contributed by atoms with Crippen LogP contribution in [0.15, 0.2) is 4.52 Å². The molecule has 1 atom stereocenters. The van der Waals surface area contributed by atoms with E-state index in [1.165, 1.54) is 0 Å². The molecule has 1 N–H and O–H groups in total. The average molecular weight is 251 g/mol. The summed E-state index contributed by atoms with van der Waals surface area (Å²) < 4.78 is 5.20. The molecule has 0 radical (unpaired) electrons. The summed E-state index contributed by atoms with van der Waals surface area (Å²) in [7, 11) is 0. The number of carboxylic acids is 1. The van der Waals surface area contributed by atoms with Gasteiger partial charge in [-0.15, -0.1) is 0 Å². The maximum absolute atomic E-state index is 11.0. The summed E-state index contributed by atoms with van der Waals surface area (Å²) in [5, 5.41) is 13.0. The van der Waals surface area contributed by atoms with Crippen molar-refractivity contribution in [3.63, 3.8) is 0 Å². The van der Waals surface area contributed by atoms with Gasteiger partial charge in [0.1, 0.15) is 0 Å². The van der Waals surface area contributed by atoms with Gasteiger partial charge in [0, 0.05) is 12.5 Å². The van der Waals surface area contributed by atoms with Gasteiger partial charge < -0.3 is 9.63 Å². The van der Waals surface area contributed by atoms with Crippen molar-refractivity contribution in [2.24, 2.45) is 5.92 Å². The van der Waals surface area contributed by atoms with Gasteiger partial charge in [0.2, 0.25) is 5.89 Å². The molecule has 1 aliphatic carbocycles. The topological polar surface area (TPSA) is 79.5 Å². The Morgan fingerprint density at radius 3 is 3.00 bits per heavy atom. The van der Waals surface area contributed by atoms with Gasteiger partial charge in [-0.05, 0) is 32.2 Å². The highest BCUT2D eigenvalue weighted by atomic mass is 16.5. The van der Waals surface area contributed by atoms with Crippen LogP contribution in [0.1, 0.15) is 43.3 Å². The monoisotopic (exact) mass is 251 g/mol. The zero-order valence-corrected chi connectivity index (χ0v) is 10.2. The fourth-order valence-electron chi connectivity index (χ4n) is 2.43. The molecule has 18 heavy (non-hydrogen) atoms. The van der Waals surface area contributed by atoms with Crippen LogP contribution in [0.25, 0.3) is 0 Å². The summed E-state index contributed by atoms with van der Waals surface area (Å²) in [6, 6.07) is 0. The molecule has 1 saturated carbocycles. The lowest BCUT2D eigenvalue weighted by Crippen LogP contribution is -2.38. The first-order chi connectivity index (χ1) is 8.72. The minimum atomic E-state index is -0.702. The molecular weight excluding hydrogens is 234 g/mol. The maximum Gasteiger partial charge on any atom is 0.307 e. The number of aromatic nitrogens is 2. The molecule has 0 aromatic carbocycles. The lowest BCUT2D eigenvalue weighted by Gasteiger charge is -2.29. The molecule has 0 amide bonds. The standard InChI is InChI=1S/C12H17N3O3/c16-12(17)9-2-1-5-15(6-9)7-10-13-11(18-14-10)8-3-4-8/h8-9H,1-7H2,(H,16,17)/t9-/m1/s1. The number of carbonyl (C=O) groups is 1. The molecule has 2 fully saturated rings. The molecule has 2 heterocycles. The maximum atomic E-state index is 11.0. The highest BCUT2D eigenvalue weighted by Gasteiger charge is 2.30. The Kier molecular flexibility index (Phi) is 3.03. The Balaban J connectivity index is 1.59. The van der Waals surface area contributed by atoms with Crippen LogP contribution in [-0.4, -0.2) is 39.2 Å². The number of piperidine rings is 1. The molecular formula is C12H17N3O3. The predicted molar refractivity (Wildman–Crippen MR) is 61.9 cm³/mol. The van der Waals surface area contributed by atoms with Crippen LogP contribution >= 0.6 is 0 Å². The van der Waals surface area contributed by atoms with E-state index in [0.29, 0.717) is 24.8 Å². The Morgan fingerprint density at radius 1 is 1.44 bits per heavy atom. The Labute approximate surface area is 105 Å². The summed E-state index contributed by atoms with van der Waals surface area (Å²) >= 11 is 0. The number of aliphatic carboxylic acids is 1. The SMILES string of the molecule is O=C(O)[C@@H]1CCCN(Cc2noc(C3CC3)n2)C1. The first kappa shape index (κ1) is 11.6. The van der Waals surface area contributed by atoms with Crippen LogP contribution in [0, 0.1) is 5.92 Å². The third-order valence-electron chi connectivity index (χ3n) is 3.63. The van der Waals surface area contributed by atoms with E-state index >= 15 is 0 Å². The highest BCUT2D eigenvalue weighted by Crippen LogP contribution is 2.38. The fraction of sp³-hybridized carbons (Fsp3) is 0.750. The molecule has 0 unspecified atom stereocenters. The van der Waals surface area contributed by atoms with Crippen LogP contribution in [0.4, 0.5) is 0 Å². The first-order valence-corrected chi connectivity index (χ1v) is 6.50. The second-order valence-corrected chi connectivity index (χ2v) is 5.24. The number of likely N-dealkylation sites (tertiary alicyclic amines) is 1. The van der Waals surface area contributed by atoms with Gasteiger partial charge in [-0.25, -0.2) is 0 Å². The van der Waals surface area contributed by atoms with Crippen molar-refractivity contribution in [3.8, 4) is 0 Å². The van der Waals surface area contributed by atoms with Crippen LogP contribution in [0.3, 0.4) is 0 Å². The molecule has 1 aromatic rings. The van der Waals surface area contributed by atoms with E-state index in [2.05, 4.69) is 15.0 Å². The van der Waals surface area contributed by atoms with Crippen molar-refractivity contribution >= 4 is 5.97 Å². The fourth-order valence-corrected chi connectivity index (χ4v) is 2.43. The number of hydrogen-bond donors (Lipinski definition) is 1. The minimum Gasteiger partial charge on any atom is -0.481 e. The van der Waals surface area contributed by atoms with E-state index in [4.69, 9.17) is 9.63 Å². The zero-order chi connectivity index (χ0) is 12.5. The van der Waals surface area contributed by atoms with E-state index in [1.807, 2.05) is 0 Å². The number of rotatable bonds is 4. The van der Waals surface area contributed by atoms with Gasteiger partial charge in [-0.3, -0.25) is 9.69 Å². The Morgan fingerprint density at radius 2 is 2.28 bits per heavy atom. The van der Waals surface area contributed by atoms with Crippen LogP contribution in [0.2, 0.25) is 0 Å². The van der Waals surface area contributed by atoms with Crippen molar-refractivity contribution in [1.29, 1.82) is 0 Å². The van der Waals surface area contributed by atoms with Gasteiger partial charge in [0.25, 0.3) is 0 Å². The minimum absolute atomic E-state index is 0.256. The normalized spacial score (nSPS) is 25.2. The molecule has 0 bridgehead atoms. The third kappa shape index (κ3) is 2.53. The third-order valence-corrected chi connectivity index (χ3v) is 3.63. The van der Waals surface area contributed by atoms with E-state index < -0.39 is 5.97 Å². The first-order valence-electron chi connectivity index (χ1n) is 6.50. The van der Waals surface area contributed by atoms with E-state index in [-0.39, 0.29) is 5.92 Å². The molecule has 1 aromatic heterocycles. The van der Waals surface area contributed by atoms with Gasteiger partial charge >= 0.3 is 5.97 Å². The smallest absolute Gasteiger partial charge is 0.307 e. The van der Waals surface area contributed by atoms with Gasteiger partial charge in [-0.1, -0.05) is 5.16 Å². The van der Waals surface area contributed by atoms with Crippen molar-refractivity contribution in [2.45, 2.75) is 38.1 Å². The van der Waals surface area contributed by atoms with Crippen molar-refractivity contribution in [2.75, 3.05) is 13.1 Å². The number of nitrogens with zero attached hydrogens (tertiary/aromatic N) is 3. The Bertz CT molecular complexity index is 442. The van der Waals surface area contributed by atoms with Crippen LogP contribution < -0.4 is 0 Å². The molecule has 6 heteroatoms. The van der Waals surface area contributed by atoms with E-state index in [0.717, 1.165) is 38.1 Å². The molecule has 2 aliphatic rings. The van der Waals surface area contributed by atoms with Crippen LogP contribution in [-0.2, 0) is 11.3 Å². The van der Waals surface area contributed by atoms with Crippen molar-refractivity contribution in [3.05, 3.63) is 11.7 Å². The van der Waals surface area contributed by atoms with Gasteiger partial charge in [0.15, 0.2) is 5.82 Å². The summed E-state index contributed by atoms with van der Waals surface area (Å²) in [6.07, 6.45) is 3.98. The second kappa shape index (κ2) is 4.68. The molecule has 1 aliphatic heterocycles. The molecule has 6 nitrogen and oxygen atoms in total. The predicted octanol–water partition coefficient (Wildman–Crippen LogP) is 1.24. The molecule has 0 spiro atoms. The van der Waals surface area contributed by atoms with Crippen molar-refractivity contribution in [1.82, 2.24) is 15.0 Å². The number of carboxylic acid groups (broad SMARTS) is 1. The van der Waals surface area contributed by atoms with E-state index in [9.17, 15) is 4.79 Å². The van der Waals surface area contributed by atoms with E-state index in [1.54, 1.807) is 0 Å². The zero-order valence-electron chi connectivity index (χ0n) is 10.2. The summed E-state index contributed by atoms with van der Waals surface area (Å²) in [4.78, 5) is 17.4. The Hall–Kier alpha value is -1.43. The summed E-state index contributed by atoms with van der Waals surface area (Å²) in [6.45, 7) is 2.10. The largest absolute Gasteiger partial charge is 0.481 e. The molecule has 3 rings (SSSR count). The van der Waals surface area contributed by atoms with Gasteiger partial charge in [0.05, 0.1) is 12.5 Å². The lowest BCUT2D eigenvalue weighted by molar-refractivity contribution is -0.143. The average Bonchev–Trinajstić information content (AvgIpc) is 3.11. The number of hydrogen-bond acceptors (Lipinski definition) is 5. The lowest BCUT2D eigenvalue weighted by atomic mass is 9.98. The van der Waals surface area contributed by atoms with Crippen molar-refractivity contribution < 1.29 is 14.4 Å². The molecule has 1 saturated heterocycles.